The highest BCUT2D eigenvalue weighted by atomic mass is 16.6. The van der Waals surface area contributed by atoms with Gasteiger partial charge in [-0.25, -0.2) is 0 Å². The van der Waals surface area contributed by atoms with Crippen molar-refractivity contribution in [3.05, 3.63) is 24.3 Å². The molecule has 112 valence electrons. The van der Waals surface area contributed by atoms with Gasteiger partial charge in [0.05, 0.1) is 19.4 Å². The molecule has 1 N–H and O–H groups in total. The van der Waals surface area contributed by atoms with Crippen molar-refractivity contribution in [2.45, 2.75) is 37.7 Å². The summed E-state index contributed by atoms with van der Waals surface area (Å²) in [4.78, 5) is 24.1. The Bertz CT molecular complexity index is 546. The number of rotatable bonds is 3. The zero-order valence-corrected chi connectivity index (χ0v) is 12.1. The van der Waals surface area contributed by atoms with Gasteiger partial charge in [-0.2, -0.15) is 0 Å². The molecule has 1 atom stereocenters. The summed E-state index contributed by atoms with van der Waals surface area (Å²) in [5.41, 5.74) is 0.140. The molecule has 5 nitrogen and oxygen atoms in total. The van der Waals surface area contributed by atoms with Crippen molar-refractivity contribution in [1.82, 2.24) is 0 Å². The van der Waals surface area contributed by atoms with Gasteiger partial charge >= 0.3 is 5.97 Å². The van der Waals surface area contributed by atoms with E-state index in [1.807, 2.05) is 0 Å². The molecule has 1 aliphatic heterocycles. The van der Waals surface area contributed by atoms with E-state index in [0.29, 0.717) is 5.69 Å². The Morgan fingerprint density at radius 3 is 2.57 bits per heavy atom. The van der Waals surface area contributed by atoms with Gasteiger partial charge < -0.3 is 14.8 Å². The predicted octanol–water partition coefficient (Wildman–Crippen LogP) is 2.51. The van der Waals surface area contributed by atoms with E-state index in [4.69, 9.17) is 9.47 Å². The molecule has 3 rings (SSSR count). The van der Waals surface area contributed by atoms with Crippen molar-refractivity contribution in [3.63, 3.8) is 0 Å². The lowest BCUT2D eigenvalue weighted by atomic mass is 9.85. The van der Waals surface area contributed by atoms with Gasteiger partial charge in [-0.15, -0.1) is 0 Å². The second kappa shape index (κ2) is 5.39. The summed E-state index contributed by atoms with van der Waals surface area (Å²) in [5, 5.41) is 2.88. The lowest BCUT2D eigenvalue weighted by molar-refractivity contribution is -0.149. The quantitative estimate of drug-likeness (QED) is 0.868. The first-order valence-corrected chi connectivity index (χ1v) is 7.30. The second-order valence-electron chi connectivity index (χ2n) is 5.72. The fraction of sp³-hybridized carbons (Fsp3) is 0.500. The number of amides is 1. The lowest BCUT2D eigenvalue weighted by Crippen LogP contribution is -2.39. The Kier molecular flexibility index (Phi) is 3.57. The number of hydrogen-bond donors (Lipinski definition) is 1. The minimum Gasteiger partial charge on any atom is -0.497 e. The molecule has 1 amide bonds. The topological polar surface area (TPSA) is 64.6 Å². The molecule has 1 spiro atoms. The minimum absolute atomic E-state index is 0.132. The van der Waals surface area contributed by atoms with Crippen LogP contribution >= 0.6 is 0 Å². The Hall–Kier alpha value is -2.04. The van der Waals surface area contributed by atoms with E-state index < -0.39 is 5.60 Å². The van der Waals surface area contributed by atoms with Crippen LogP contribution in [0.15, 0.2) is 24.3 Å². The van der Waals surface area contributed by atoms with Gasteiger partial charge in [-0.3, -0.25) is 9.59 Å². The third-order valence-electron chi connectivity index (χ3n) is 4.45. The number of nitrogens with one attached hydrogen (secondary N) is 1. The number of benzene rings is 1. The summed E-state index contributed by atoms with van der Waals surface area (Å²) in [7, 11) is 1.60. The van der Waals surface area contributed by atoms with Crippen molar-refractivity contribution in [1.29, 1.82) is 0 Å². The second-order valence-corrected chi connectivity index (χ2v) is 5.72. The molecule has 21 heavy (non-hydrogen) atoms. The van der Waals surface area contributed by atoms with Crippen LogP contribution in [0.2, 0.25) is 0 Å². The highest BCUT2D eigenvalue weighted by Gasteiger charge is 2.53. The molecule has 0 bridgehead atoms. The molecule has 1 saturated heterocycles. The highest BCUT2D eigenvalue weighted by molar-refractivity contribution is 5.97. The van der Waals surface area contributed by atoms with Crippen LogP contribution in [0.5, 0.6) is 5.75 Å². The Labute approximate surface area is 123 Å². The summed E-state index contributed by atoms with van der Waals surface area (Å²) in [6.45, 7) is 0. The van der Waals surface area contributed by atoms with Crippen molar-refractivity contribution in [3.8, 4) is 5.75 Å². The van der Waals surface area contributed by atoms with Crippen LogP contribution in [0.25, 0.3) is 0 Å². The van der Waals surface area contributed by atoms with Gasteiger partial charge in [0.15, 0.2) is 0 Å². The van der Waals surface area contributed by atoms with E-state index in [9.17, 15) is 9.59 Å². The third kappa shape index (κ3) is 2.60. The van der Waals surface area contributed by atoms with Gasteiger partial charge in [-0.05, 0) is 49.9 Å². The van der Waals surface area contributed by atoms with Crippen LogP contribution in [-0.2, 0) is 14.3 Å². The molecule has 2 fully saturated rings. The van der Waals surface area contributed by atoms with E-state index in [0.717, 1.165) is 31.4 Å². The number of esters is 1. The van der Waals surface area contributed by atoms with Gasteiger partial charge in [0.25, 0.3) is 0 Å². The van der Waals surface area contributed by atoms with Crippen molar-refractivity contribution in [2.24, 2.45) is 5.92 Å². The standard InChI is InChI=1S/C16H19NO4/c1-20-12-6-4-11(5-7-12)17-15(19)13-10-14(18)21-16(13)8-2-3-9-16/h4-7,13H,2-3,8-10H2,1H3,(H,17,19)/t13-/m1/s1. The van der Waals surface area contributed by atoms with Crippen molar-refractivity contribution < 1.29 is 19.1 Å². The van der Waals surface area contributed by atoms with Crippen molar-refractivity contribution >= 4 is 17.6 Å². The first kappa shape index (κ1) is 13.9. The molecule has 1 aliphatic carbocycles. The van der Waals surface area contributed by atoms with E-state index in [1.54, 1.807) is 31.4 Å². The Morgan fingerprint density at radius 1 is 1.29 bits per heavy atom. The minimum atomic E-state index is -0.562. The summed E-state index contributed by atoms with van der Waals surface area (Å²) < 4.78 is 10.6. The number of ether oxygens (including phenoxy) is 2. The maximum Gasteiger partial charge on any atom is 0.307 e. The average Bonchev–Trinajstić information content (AvgIpc) is 3.07. The normalized spacial score (nSPS) is 23.1. The maximum atomic E-state index is 12.5. The molecular formula is C16H19NO4. The van der Waals surface area contributed by atoms with Crippen LogP contribution in [0, 0.1) is 5.92 Å². The van der Waals surface area contributed by atoms with Gasteiger partial charge in [0, 0.05) is 5.69 Å². The SMILES string of the molecule is COc1ccc(NC(=O)[C@H]2CC(=O)OC23CCCC3)cc1. The lowest BCUT2D eigenvalue weighted by Gasteiger charge is -2.27. The molecule has 0 unspecified atom stereocenters. The molecule has 5 heteroatoms. The summed E-state index contributed by atoms with van der Waals surface area (Å²) >= 11 is 0. The van der Waals surface area contributed by atoms with Crippen LogP contribution in [-0.4, -0.2) is 24.6 Å². The molecular weight excluding hydrogens is 270 g/mol. The average molecular weight is 289 g/mol. The highest BCUT2D eigenvalue weighted by Crippen LogP contribution is 2.45. The smallest absolute Gasteiger partial charge is 0.307 e. The Balaban J connectivity index is 1.73. The molecule has 1 aromatic carbocycles. The van der Waals surface area contributed by atoms with E-state index in [1.165, 1.54) is 0 Å². The first-order valence-electron chi connectivity index (χ1n) is 7.30. The number of carbonyl (C=O) groups is 2. The fourth-order valence-electron chi connectivity index (χ4n) is 3.35. The first-order chi connectivity index (χ1) is 10.1. The van der Waals surface area contributed by atoms with E-state index >= 15 is 0 Å². The van der Waals surface area contributed by atoms with Crippen molar-refractivity contribution in [2.75, 3.05) is 12.4 Å². The van der Waals surface area contributed by atoms with Crippen LogP contribution in [0.4, 0.5) is 5.69 Å². The van der Waals surface area contributed by atoms with E-state index in [2.05, 4.69) is 5.32 Å². The Morgan fingerprint density at radius 2 is 1.95 bits per heavy atom. The van der Waals surface area contributed by atoms with Crippen LogP contribution < -0.4 is 10.1 Å². The number of anilines is 1. The molecule has 0 aromatic heterocycles. The maximum absolute atomic E-state index is 12.5. The van der Waals surface area contributed by atoms with Crippen LogP contribution in [0.3, 0.4) is 0 Å². The summed E-state index contributed by atoms with van der Waals surface area (Å²) in [6.07, 6.45) is 3.79. The predicted molar refractivity (Wildman–Crippen MR) is 77.0 cm³/mol. The molecule has 1 saturated carbocycles. The third-order valence-corrected chi connectivity index (χ3v) is 4.45. The number of carbonyl (C=O) groups excluding carboxylic acids is 2. The summed E-state index contributed by atoms with van der Waals surface area (Å²) in [6, 6.07) is 7.15. The summed E-state index contributed by atoms with van der Waals surface area (Å²) in [5.74, 6) is -0.0334. The largest absolute Gasteiger partial charge is 0.497 e. The van der Waals surface area contributed by atoms with E-state index in [-0.39, 0.29) is 24.2 Å². The molecule has 0 radical (unpaired) electrons. The molecule has 1 aromatic rings. The molecule has 1 heterocycles. The number of hydrogen-bond acceptors (Lipinski definition) is 4. The number of methoxy groups -OCH3 is 1. The van der Waals surface area contributed by atoms with Gasteiger partial charge in [0.1, 0.15) is 11.4 Å². The zero-order chi connectivity index (χ0) is 14.9. The van der Waals surface area contributed by atoms with Crippen LogP contribution in [0.1, 0.15) is 32.1 Å². The molecule has 2 aliphatic rings. The zero-order valence-electron chi connectivity index (χ0n) is 12.1. The fourth-order valence-corrected chi connectivity index (χ4v) is 3.35. The monoisotopic (exact) mass is 289 g/mol. The van der Waals surface area contributed by atoms with Gasteiger partial charge in [0.2, 0.25) is 5.91 Å². The van der Waals surface area contributed by atoms with Gasteiger partial charge in [-0.1, -0.05) is 0 Å².